The predicted molar refractivity (Wildman–Crippen MR) is 74.0 cm³/mol. The number of para-hydroxylation sites is 1. The highest BCUT2D eigenvalue weighted by atomic mass is 35.5. The molecule has 0 fully saturated rings. The van der Waals surface area contributed by atoms with Gasteiger partial charge in [0.05, 0.1) is 23.0 Å². The van der Waals surface area contributed by atoms with Crippen LogP contribution in [0.2, 0.25) is 5.02 Å². The van der Waals surface area contributed by atoms with Gasteiger partial charge in [0.1, 0.15) is 11.4 Å². The molecule has 5 nitrogen and oxygen atoms in total. The molecule has 0 saturated heterocycles. The van der Waals surface area contributed by atoms with Crippen LogP contribution < -0.4 is 4.74 Å². The topological polar surface area (TPSA) is 61.0 Å². The molecular formula is C14H8ClF2N3O2. The molecular weight excluding hydrogens is 316 g/mol. The molecule has 2 heterocycles. The number of hydrogen-bond acceptors (Lipinski definition) is 5. The second kappa shape index (κ2) is 6.07. The number of halogens is 3. The van der Waals surface area contributed by atoms with Gasteiger partial charge in [-0.1, -0.05) is 28.9 Å². The van der Waals surface area contributed by atoms with Crippen LogP contribution in [0.5, 0.6) is 11.8 Å². The van der Waals surface area contributed by atoms with Gasteiger partial charge in [-0.2, -0.15) is 0 Å². The highest BCUT2D eigenvalue weighted by Gasteiger charge is 2.17. The summed E-state index contributed by atoms with van der Waals surface area (Å²) in [5.41, 5.74) is 0.0213. The smallest absolute Gasteiger partial charge is 0.321 e. The zero-order valence-electron chi connectivity index (χ0n) is 10.9. The molecule has 0 amide bonds. The molecule has 3 rings (SSSR count). The fourth-order valence-electron chi connectivity index (χ4n) is 1.73. The van der Waals surface area contributed by atoms with E-state index in [4.69, 9.17) is 20.9 Å². The normalized spacial score (nSPS) is 10.9. The molecule has 0 unspecified atom stereocenters. The van der Waals surface area contributed by atoms with Crippen molar-refractivity contribution in [2.45, 2.75) is 6.43 Å². The van der Waals surface area contributed by atoms with Crippen molar-refractivity contribution in [2.75, 3.05) is 0 Å². The Morgan fingerprint density at radius 3 is 2.55 bits per heavy atom. The first kappa shape index (κ1) is 14.4. The minimum atomic E-state index is -2.70. The van der Waals surface area contributed by atoms with E-state index in [0.717, 1.165) is 6.07 Å². The van der Waals surface area contributed by atoms with Crippen LogP contribution in [0.3, 0.4) is 0 Å². The van der Waals surface area contributed by atoms with Gasteiger partial charge in [0.25, 0.3) is 6.43 Å². The van der Waals surface area contributed by atoms with E-state index in [2.05, 4.69) is 15.1 Å². The molecule has 22 heavy (non-hydrogen) atoms. The van der Waals surface area contributed by atoms with Crippen molar-refractivity contribution >= 4 is 11.6 Å². The second-order valence-corrected chi connectivity index (χ2v) is 4.64. The number of aromatic nitrogens is 3. The van der Waals surface area contributed by atoms with E-state index in [1.165, 1.54) is 12.4 Å². The van der Waals surface area contributed by atoms with Crippen LogP contribution >= 0.6 is 11.6 Å². The average Bonchev–Trinajstić information content (AvgIpc) is 3.00. The fourth-order valence-corrected chi connectivity index (χ4v) is 1.83. The van der Waals surface area contributed by atoms with Gasteiger partial charge >= 0.3 is 6.01 Å². The van der Waals surface area contributed by atoms with E-state index in [1.54, 1.807) is 24.3 Å². The molecule has 0 aliphatic rings. The molecule has 0 N–H and O–H groups in total. The van der Waals surface area contributed by atoms with E-state index in [0.29, 0.717) is 16.3 Å². The van der Waals surface area contributed by atoms with Crippen molar-refractivity contribution in [2.24, 2.45) is 0 Å². The molecule has 0 radical (unpaired) electrons. The van der Waals surface area contributed by atoms with Crippen molar-refractivity contribution in [3.8, 4) is 23.1 Å². The lowest BCUT2D eigenvalue weighted by Gasteiger charge is -2.07. The number of benzene rings is 1. The molecule has 0 saturated carbocycles. The van der Waals surface area contributed by atoms with E-state index >= 15 is 0 Å². The fraction of sp³-hybridized carbons (Fsp3) is 0.0714. The summed E-state index contributed by atoms with van der Waals surface area (Å²) in [4.78, 5) is 7.82. The minimum Gasteiger partial charge on any atom is -0.424 e. The van der Waals surface area contributed by atoms with E-state index < -0.39 is 12.1 Å². The lowest BCUT2D eigenvalue weighted by Crippen LogP contribution is -1.92. The summed E-state index contributed by atoms with van der Waals surface area (Å²) < 4.78 is 35.7. The third-order valence-corrected chi connectivity index (χ3v) is 2.90. The SMILES string of the molecule is FC(F)c1cc(-c2ccccc2Oc2ncc(Cl)cn2)on1. The lowest BCUT2D eigenvalue weighted by molar-refractivity contribution is 0.140. The lowest BCUT2D eigenvalue weighted by atomic mass is 10.1. The highest BCUT2D eigenvalue weighted by molar-refractivity contribution is 6.30. The Bertz CT molecular complexity index is 778. The molecule has 112 valence electrons. The Morgan fingerprint density at radius 1 is 1.14 bits per heavy atom. The summed E-state index contributed by atoms with van der Waals surface area (Å²) in [5.74, 6) is 0.515. The van der Waals surface area contributed by atoms with E-state index in [-0.39, 0.29) is 11.8 Å². The summed E-state index contributed by atoms with van der Waals surface area (Å²) in [6.45, 7) is 0. The summed E-state index contributed by atoms with van der Waals surface area (Å²) in [7, 11) is 0. The number of alkyl halides is 2. The van der Waals surface area contributed by atoms with Crippen LogP contribution in [0.4, 0.5) is 8.78 Å². The quantitative estimate of drug-likeness (QED) is 0.706. The maximum Gasteiger partial charge on any atom is 0.321 e. The maximum atomic E-state index is 12.6. The van der Waals surface area contributed by atoms with Gasteiger partial charge in [0.15, 0.2) is 5.76 Å². The maximum absolute atomic E-state index is 12.6. The summed E-state index contributed by atoms with van der Waals surface area (Å²) >= 11 is 5.70. The van der Waals surface area contributed by atoms with Crippen LogP contribution in [0.1, 0.15) is 12.1 Å². The number of rotatable bonds is 4. The van der Waals surface area contributed by atoms with Crippen molar-refractivity contribution in [1.29, 1.82) is 0 Å². The first-order valence-corrected chi connectivity index (χ1v) is 6.51. The van der Waals surface area contributed by atoms with Crippen molar-refractivity contribution < 1.29 is 18.0 Å². The van der Waals surface area contributed by atoms with Crippen LogP contribution in [0.15, 0.2) is 47.2 Å². The summed E-state index contributed by atoms with van der Waals surface area (Å²) in [6, 6.07) is 7.97. The standard InChI is InChI=1S/C14H8ClF2N3O2/c15-8-6-18-14(19-7-8)21-11-4-2-1-3-9(11)12-5-10(13(16)17)20-22-12/h1-7,13H. The molecule has 0 spiro atoms. The molecule has 0 atom stereocenters. The third kappa shape index (κ3) is 3.04. The van der Waals surface area contributed by atoms with Gasteiger partial charge < -0.3 is 9.26 Å². The minimum absolute atomic E-state index is 0.0745. The third-order valence-electron chi connectivity index (χ3n) is 2.70. The predicted octanol–water partition coefficient (Wildman–Crippen LogP) is 4.51. The molecule has 0 aliphatic carbocycles. The molecule has 2 aromatic heterocycles. The molecule has 1 aromatic carbocycles. The number of hydrogen-bond donors (Lipinski definition) is 0. The molecule has 8 heteroatoms. The highest BCUT2D eigenvalue weighted by Crippen LogP contribution is 2.33. The zero-order chi connectivity index (χ0) is 15.5. The van der Waals surface area contributed by atoms with Crippen molar-refractivity contribution in [3.05, 3.63) is 53.4 Å². The Hall–Kier alpha value is -2.54. The average molecular weight is 324 g/mol. The largest absolute Gasteiger partial charge is 0.424 e. The summed E-state index contributed by atoms with van der Waals surface area (Å²) in [5, 5.41) is 3.70. The van der Waals surface area contributed by atoms with Gasteiger partial charge in [-0.3, -0.25) is 0 Å². The Labute approximate surface area is 128 Å². The van der Waals surface area contributed by atoms with E-state index in [1.807, 2.05) is 0 Å². The van der Waals surface area contributed by atoms with Gasteiger partial charge in [0.2, 0.25) is 0 Å². The molecule has 3 aromatic rings. The van der Waals surface area contributed by atoms with Gasteiger partial charge in [-0.05, 0) is 12.1 Å². The zero-order valence-corrected chi connectivity index (χ0v) is 11.7. The van der Waals surface area contributed by atoms with Gasteiger partial charge in [-0.15, -0.1) is 0 Å². The van der Waals surface area contributed by atoms with Crippen LogP contribution in [-0.4, -0.2) is 15.1 Å². The molecule has 0 aliphatic heterocycles. The van der Waals surface area contributed by atoms with E-state index in [9.17, 15) is 8.78 Å². The Balaban J connectivity index is 1.93. The Kier molecular flexibility index (Phi) is 3.97. The Morgan fingerprint density at radius 2 is 1.86 bits per heavy atom. The first-order chi connectivity index (χ1) is 10.6. The van der Waals surface area contributed by atoms with Crippen molar-refractivity contribution in [3.63, 3.8) is 0 Å². The van der Waals surface area contributed by atoms with Crippen LogP contribution in [-0.2, 0) is 0 Å². The number of ether oxygens (including phenoxy) is 1. The van der Waals surface area contributed by atoms with Crippen LogP contribution in [0.25, 0.3) is 11.3 Å². The second-order valence-electron chi connectivity index (χ2n) is 4.20. The number of nitrogens with zero attached hydrogens (tertiary/aromatic N) is 3. The monoisotopic (exact) mass is 323 g/mol. The van der Waals surface area contributed by atoms with Crippen molar-refractivity contribution in [1.82, 2.24) is 15.1 Å². The van der Waals surface area contributed by atoms with Gasteiger partial charge in [-0.25, -0.2) is 18.7 Å². The van der Waals surface area contributed by atoms with Crippen LogP contribution in [0, 0.1) is 0 Å². The van der Waals surface area contributed by atoms with Gasteiger partial charge in [0, 0.05) is 6.07 Å². The molecule has 0 bridgehead atoms. The summed E-state index contributed by atoms with van der Waals surface area (Å²) in [6.07, 6.45) is 0.0660. The first-order valence-electron chi connectivity index (χ1n) is 6.13.